The summed E-state index contributed by atoms with van der Waals surface area (Å²) in [5, 5.41) is 11.5. The van der Waals surface area contributed by atoms with Gasteiger partial charge in [-0.25, -0.2) is 0 Å². The first-order valence-electron chi connectivity index (χ1n) is 8.24. The first-order valence-corrected chi connectivity index (χ1v) is 9.23. The molecule has 130 valence electrons. The summed E-state index contributed by atoms with van der Waals surface area (Å²) < 4.78 is 0. The van der Waals surface area contributed by atoms with Gasteiger partial charge in [-0.05, 0) is 44.0 Å². The molecule has 0 saturated carbocycles. The predicted octanol–water partition coefficient (Wildman–Crippen LogP) is 2.75. The Morgan fingerprint density at radius 2 is 1.80 bits per heavy atom. The molecular formula is C18H20N4O2S. The lowest BCUT2D eigenvalue weighted by molar-refractivity contribution is -0.127. The smallest absolute Gasteiger partial charge is 0.256 e. The van der Waals surface area contributed by atoms with Crippen molar-refractivity contribution in [2.45, 2.75) is 24.8 Å². The van der Waals surface area contributed by atoms with E-state index in [-0.39, 0.29) is 11.8 Å². The molecule has 0 aliphatic carbocycles. The number of thioether (sulfide) groups is 1. The molecule has 2 amide bonds. The molecule has 25 heavy (non-hydrogen) atoms. The molecule has 3 rings (SSSR count). The van der Waals surface area contributed by atoms with Crippen LogP contribution in [0.5, 0.6) is 0 Å². The molecule has 1 saturated heterocycles. The molecule has 0 spiro atoms. The van der Waals surface area contributed by atoms with Gasteiger partial charge in [-0.15, -0.1) is 10.2 Å². The quantitative estimate of drug-likeness (QED) is 0.834. The predicted molar refractivity (Wildman–Crippen MR) is 97.7 cm³/mol. The van der Waals surface area contributed by atoms with Crippen molar-refractivity contribution in [1.82, 2.24) is 15.1 Å². The fraction of sp³-hybridized carbons (Fsp3) is 0.333. The van der Waals surface area contributed by atoms with Crippen LogP contribution in [0.15, 0.2) is 41.4 Å². The van der Waals surface area contributed by atoms with E-state index in [0.717, 1.165) is 31.5 Å². The highest BCUT2D eigenvalue weighted by atomic mass is 32.2. The van der Waals surface area contributed by atoms with Gasteiger partial charge < -0.3 is 10.2 Å². The zero-order valence-electron chi connectivity index (χ0n) is 14.1. The molecule has 2 heterocycles. The second kappa shape index (κ2) is 8.11. The van der Waals surface area contributed by atoms with Crippen LogP contribution in [-0.4, -0.2) is 45.8 Å². The van der Waals surface area contributed by atoms with Crippen LogP contribution < -0.4 is 5.32 Å². The average Bonchev–Trinajstić information content (AvgIpc) is 3.16. The molecule has 1 aliphatic rings. The summed E-state index contributed by atoms with van der Waals surface area (Å²) in [5.41, 5.74) is 1.67. The van der Waals surface area contributed by atoms with Crippen LogP contribution in [0, 0.1) is 6.92 Å². The van der Waals surface area contributed by atoms with Gasteiger partial charge >= 0.3 is 0 Å². The van der Waals surface area contributed by atoms with Crippen LogP contribution in [0.4, 0.5) is 5.82 Å². The third-order valence-electron chi connectivity index (χ3n) is 4.00. The summed E-state index contributed by atoms with van der Waals surface area (Å²) in [4.78, 5) is 26.0. The number of likely N-dealkylation sites (tertiary alicyclic amines) is 1. The van der Waals surface area contributed by atoms with Crippen molar-refractivity contribution in [3.05, 3.63) is 47.5 Å². The molecule has 0 bridgehead atoms. The van der Waals surface area contributed by atoms with Gasteiger partial charge in [-0.2, -0.15) is 0 Å². The standard InChI is InChI=1S/C18H20N4O2S/c1-13-4-6-14(7-5-13)18(24)19-15-8-9-16(21-20-15)25-12-17(23)22-10-2-3-11-22/h4-9H,2-3,10-12H2,1H3,(H,19,20,24). The maximum atomic E-state index is 12.1. The van der Waals surface area contributed by atoms with Crippen LogP contribution in [0.1, 0.15) is 28.8 Å². The summed E-state index contributed by atoms with van der Waals surface area (Å²) in [6, 6.07) is 10.8. The van der Waals surface area contributed by atoms with Crippen LogP contribution in [0.3, 0.4) is 0 Å². The van der Waals surface area contributed by atoms with Crippen molar-refractivity contribution in [2.75, 3.05) is 24.2 Å². The molecule has 1 aromatic carbocycles. The van der Waals surface area contributed by atoms with Gasteiger partial charge in [-0.3, -0.25) is 9.59 Å². The number of aromatic nitrogens is 2. The molecule has 1 aromatic heterocycles. The number of nitrogens with one attached hydrogen (secondary N) is 1. The van der Waals surface area contributed by atoms with Gasteiger partial charge in [0.05, 0.1) is 5.75 Å². The van der Waals surface area contributed by atoms with Crippen molar-refractivity contribution in [3.63, 3.8) is 0 Å². The normalized spacial score (nSPS) is 13.7. The van der Waals surface area contributed by atoms with Crippen LogP contribution >= 0.6 is 11.8 Å². The Morgan fingerprint density at radius 1 is 1.08 bits per heavy atom. The first kappa shape index (κ1) is 17.4. The van der Waals surface area contributed by atoms with E-state index >= 15 is 0 Å². The highest BCUT2D eigenvalue weighted by Crippen LogP contribution is 2.18. The lowest BCUT2D eigenvalue weighted by atomic mass is 10.1. The number of hydrogen-bond acceptors (Lipinski definition) is 5. The SMILES string of the molecule is Cc1ccc(C(=O)Nc2ccc(SCC(=O)N3CCCC3)nn2)cc1. The van der Waals surface area contributed by atoms with Crippen molar-refractivity contribution < 1.29 is 9.59 Å². The number of carbonyl (C=O) groups is 2. The van der Waals surface area contributed by atoms with E-state index in [9.17, 15) is 9.59 Å². The van der Waals surface area contributed by atoms with Gasteiger partial charge in [0, 0.05) is 18.7 Å². The van der Waals surface area contributed by atoms with Crippen molar-refractivity contribution in [1.29, 1.82) is 0 Å². The third-order valence-corrected chi connectivity index (χ3v) is 4.90. The van der Waals surface area contributed by atoms with Crippen molar-refractivity contribution in [2.24, 2.45) is 0 Å². The van der Waals surface area contributed by atoms with E-state index in [2.05, 4.69) is 15.5 Å². The summed E-state index contributed by atoms with van der Waals surface area (Å²) >= 11 is 1.36. The van der Waals surface area contributed by atoms with Gasteiger partial charge in [0.2, 0.25) is 5.91 Å². The maximum Gasteiger partial charge on any atom is 0.256 e. The molecule has 0 atom stereocenters. The van der Waals surface area contributed by atoms with E-state index in [4.69, 9.17) is 0 Å². The highest BCUT2D eigenvalue weighted by Gasteiger charge is 2.18. The van der Waals surface area contributed by atoms with Gasteiger partial charge in [-0.1, -0.05) is 29.5 Å². The minimum atomic E-state index is -0.223. The molecule has 1 aliphatic heterocycles. The number of rotatable bonds is 5. The molecule has 2 aromatic rings. The molecule has 0 radical (unpaired) electrons. The highest BCUT2D eigenvalue weighted by molar-refractivity contribution is 7.99. The van der Waals surface area contributed by atoms with Crippen molar-refractivity contribution in [3.8, 4) is 0 Å². The van der Waals surface area contributed by atoms with E-state index in [0.29, 0.717) is 22.2 Å². The maximum absolute atomic E-state index is 12.1. The number of carbonyl (C=O) groups excluding carboxylic acids is 2. The number of benzene rings is 1. The number of nitrogens with zero attached hydrogens (tertiary/aromatic N) is 3. The summed E-state index contributed by atoms with van der Waals surface area (Å²) in [6.45, 7) is 3.68. The minimum absolute atomic E-state index is 0.140. The summed E-state index contributed by atoms with van der Waals surface area (Å²) in [5.74, 6) is 0.671. The topological polar surface area (TPSA) is 75.2 Å². The lowest BCUT2D eigenvalue weighted by Gasteiger charge is -2.14. The molecule has 0 unspecified atom stereocenters. The Bertz CT molecular complexity index is 741. The number of aryl methyl sites for hydroxylation is 1. The summed E-state index contributed by atoms with van der Waals surface area (Å²) in [7, 11) is 0. The first-order chi connectivity index (χ1) is 12.1. The van der Waals surface area contributed by atoms with Crippen LogP contribution in [0.2, 0.25) is 0 Å². The Morgan fingerprint density at radius 3 is 2.44 bits per heavy atom. The molecular weight excluding hydrogens is 336 g/mol. The average molecular weight is 356 g/mol. The zero-order valence-corrected chi connectivity index (χ0v) is 14.9. The molecule has 1 fully saturated rings. The van der Waals surface area contributed by atoms with Gasteiger partial charge in [0.25, 0.3) is 5.91 Å². The van der Waals surface area contributed by atoms with Gasteiger partial charge in [0.15, 0.2) is 5.82 Å². The fourth-order valence-corrected chi connectivity index (χ4v) is 3.27. The number of amides is 2. The minimum Gasteiger partial charge on any atom is -0.342 e. The third kappa shape index (κ3) is 4.79. The van der Waals surface area contributed by atoms with E-state index in [1.807, 2.05) is 24.0 Å². The van der Waals surface area contributed by atoms with Crippen LogP contribution in [0.25, 0.3) is 0 Å². The Labute approximate surface area is 151 Å². The van der Waals surface area contributed by atoms with Crippen molar-refractivity contribution >= 4 is 29.4 Å². The Hall–Kier alpha value is -2.41. The fourth-order valence-electron chi connectivity index (χ4n) is 2.55. The largest absolute Gasteiger partial charge is 0.342 e. The molecule has 1 N–H and O–H groups in total. The number of anilines is 1. The van der Waals surface area contributed by atoms with E-state index in [1.54, 1.807) is 24.3 Å². The second-order valence-electron chi connectivity index (χ2n) is 5.95. The Balaban J connectivity index is 1.52. The summed E-state index contributed by atoms with van der Waals surface area (Å²) in [6.07, 6.45) is 2.18. The van der Waals surface area contributed by atoms with E-state index < -0.39 is 0 Å². The van der Waals surface area contributed by atoms with E-state index in [1.165, 1.54) is 11.8 Å². The number of hydrogen-bond donors (Lipinski definition) is 1. The lowest BCUT2D eigenvalue weighted by Crippen LogP contribution is -2.29. The van der Waals surface area contributed by atoms with Gasteiger partial charge in [0.1, 0.15) is 5.03 Å². The molecule has 6 nitrogen and oxygen atoms in total. The molecule has 7 heteroatoms. The second-order valence-corrected chi connectivity index (χ2v) is 6.95. The Kier molecular flexibility index (Phi) is 5.65. The zero-order chi connectivity index (χ0) is 17.6. The van der Waals surface area contributed by atoms with Crippen LogP contribution in [-0.2, 0) is 4.79 Å². The monoisotopic (exact) mass is 356 g/mol.